The van der Waals surface area contributed by atoms with Crippen LogP contribution in [0.3, 0.4) is 0 Å². The number of amides is 1. The number of alkyl halides is 3. The van der Waals surface area contributed by atoms with Gasteiger partial charge in [-0.05, 0) is 29.8 Å². The fraction of sp³-hybridized carbons (Fsp3) is 0.211. The fourth-order valence-electron chi connectivity index (χ4n) is 2.60. The Morgan fingerprint density at radius 3 is 2.45 bits per heavy atom. The van der Waals surface area contributed by atoms with Crippen LogP contribution in [-0.2, 0) is 17.4 Å². The second kappa shape index (κ2) is 8.21. The Balaban J connectivity index is 1.68. The Labute approximate surface area is 163 Å². The molecular formula is C19H17F3N4O3. The van der Waals surface area contributed by atoms with Crippen LogP contribution in [0, 0.1) is 0 Å². The maximum absolute atomic E-state index is 12.6. The third-order valence-electron chi connectivity index (χ3n) is 4.05. The highest BCUT2D eigenvalue weighted by molar-refractivity contribution is 5.90. The maximum atomic E-state index is 12.6. The molecule has 2 N–H and O–H groups in total. The zero-order chi connectivity index (χ0) is 21.0. The molecule has 0 aliphatic rings. The van der Waals surface area contributed by atoms with Crippen molar-refractivity contribution in [3.8, 4) is 22.9 Å². The summed E-state index contributed by atoms with van der Waals surface area (Å²) < 4.78 is 48.2. The molecule has 0 bridgehead atoms. The molecule has 0 aliphatic carbocycles. The van der Waals surface area contributed by atoms with E-state index in [0.29, 0.717) is 28.5 Å². The number of aromatic amines is 1. The van der Waals surface area contributed by atoms with Gasteiger partial charge in [-0.2, -0.15) is 18.2 Å². The summed E-state index contributed by atoms with van der Waals surface area (Å²) in [5, 5.41) is 9.15. The second-order valence-corrected chi connectivity index (χ2v) is 5.99. The number of aromatic nitrogens is 3. The molecule has 0 fully saturated rings. The van der Waals surface area contributed by atoms with Crippen molar-refractivity contribution in [2.24, 2.45) is 0 Å². The summed E-state index contributed by atoms with van der Waals surface area (Å²) in [7, 11) is 3.04. The highest BCUT2D eigenvalue weighted by Crippen LogP contribution is 2.31. The molecule has 1 heterocycles. The van der Waals surface area contributed by atoms with Gasteiger partial charge < -0.3 is 9.47 Å². The predicted octanol–water partition coefficient (Wildman–Crippen LogP) is 3.69. The van der Waals surface area contributed by atoms with Gasteiger partial charge in [0.2, 0.25) is 11.9 Å². The number of carbonyl (C=O) groups is 1. The largest absolute Gasteiger partial charge is 0.497 e. The molecular weight excluding hydrogens is 389 g/mol. The standard InChI is InChI=1S/C19H17F3N4O3/c1-28-13-7-8-14(15(10-13)29-2)17-24-18(26-25-17)23-16(27)9-11-3-5-12(6-4-11)19(20,21)22/h3-8,10H,9H2,1-2H3,(H2,23,24,25,26,27). The van der Waals surface area contributed by atoms with Crippen molar-refractivity contribution in [2.75, 3.05) is 19.5 Å². The van der Waals surface area contributed by atoms with E-state index in [-0.39, 0.29) is 12.4 Å². The topological polar surface area (TPSA) is 89.1 Å². The van der Waals surface area contributed by atoms with Crippen molar-refractivity contribution in [2.45, 2.75) is 12.6 Å². The van der Waals surface area contributed by atoms with Crippen LogP contribution >= 0.6 is 0 Å². The third kappa shape index (κ3) is 4.84. The number of anilines is 1. The van der Waals surface area contributed by atoms with E-state index in [4.69, 9.17) is 9.47 Å². The first-order chi connectivity index (χ1) is 13.8. The Bertz CT molecular complexity index is 1000. The van der Waals surface area contributed by atoms with Gasteiger partial charge in [-0.1, -0.05) is 12.1 Å². The first-order valence-corrected chi connectivity index (χ1v) is 8.41. The van der Waals surface area contributed by atoms with Crippen molar-refractivity contribution in [3.05, 3.63) is 53.6 Å². The molecule has 0 atom stereocenters. The molecule has 3 rings (SSSR count). The number of rotatable bonds is 6. The molecule has 7 nitrogen and oxygen atoms in total. The van der Waals surface area contributed by atoms with Crippen molar-refractivity contribution in [1.29, 1.82) is 0 Å². The number of benzene rings is 2. The van der Waals surface area contributed by atoms with Crippen molar-refractivity contribution < 1.29 is 27.4 Å². The summed E-state index contributed by atoms with van der Waals surface area (Å²) in [6.45, 7) is 0. The molecule has 29 heavy (non-hydrogen) atoms. The van der Waals surface area contributed by atoms with E-state index in [2.05, 4.69) is 20.5 Å². The van der Waals surface area contributed by atoms with E-state index >= 15 is 0 Å². The van der Waals surface area contributed by atoms with Crippen LogP contribution in [0.4, 0.5) is 19.1 Å². The molecule has 0 spiro atoms. The highest BCUT2D eigenvalue weighted by atomic mass is 19.4. The molecule has 0 radical (unpaired) electrons. The molecule has 0 saturated carbocycles. The monoisotopic (exact) mass is 406 g/mol. The number of H-pyrrole nitrogens is 1. The number of ether oxygens (including phenoxy) is 2. The number of nitrogens with zero attached hydrogens (tertiary/aromatic N) is 2. The number of hydrogen-bond donors (Lipinski definition) is 2. The van der Waals surface area contributed by atoms with Crippen LogP contribution in [0.5, 0.6) is 11.5 Å². The molecule has 0 unspecified atom stereocenters. The van der Waals surface area contributed by atoms with Gasteiger partial charge in [0.15, 0.2) is 5.82 Å². The third-order valence-corrected chi connectivity index (χ3v) is 4.05. The van der Waals surface area contributed by atoms with Crippen LogP contribution in [0.25, 0.3) is 11.4 Å². The summed E-state index contributed by atoms with van der Waals surface area (Å²) in [4.78, 5) is 16.4. The quantitative estimate of drug-likeness (QED) is 0.652. The Morgan fingerprint density at radius 2 is 1.83 bits per heavy atom. The number of carbonyl (C=O) groups excluding carboxylic acids is 1. The van der Waals surface area contributed by atoms with Crippen LogP contribution in [0.15, 0.2) is 42.5 Å². The molecule has 3 aromatic rings. The van der Waals surface area contributed by atoms with Gasteiger partial charge in [-0.15, -0.1) is 5.10 Å². The van der Waals surface area contributed by atoms with Gasteiger partial charge in [-0.25, -0.2) is 0 Å². The normalized spacial score (nSPS) is 11.2. The van der Waals surface area contributed by atoms with E-state index in [1.165, 1.54) is 26.4 Å². The summed E-state index contributed by atoms with van der Waals surface area (Å²) >= 11 is 0. The Kier molecular flexibility index (Phi) is 5.71. The van der Waals surface area contributed by atoms with E-state index in [1.54, 1.807) is 18.2 Å². The first kappa shape index (κ1) is 20.2. The van der Waals surface area contributed by atoms with Gasteiger partial charge >= 0.3 is 6.18 Å². The summed E-state index contributed by atoms with van der Waals surface area (Å²) in [6.07, 6.45) is -4.54. The van der Waals surface area contributed by atoms with Gasteiger partial charge in [0.25, 0.3) is 0 Å². The zero-order valence-corrected chi connectivity index (χ0v) is 15.5. The lowest BCUT2D eigenvalue weighted by Crippen LogP contribution is -2.15. The Morgan fingerprint density at radius 1 is 1.10 bits per heavy atom. The minimum absolute atomic E-state index is 0.0368. The van der Waals surface area contributed by atoms with E-state index in [9.17, 15) is 18.0 Å². The molecule has 152 valence electrons. The molecule has 1 amide bonds. The number of halogens is 3. The van der Waals surface area contributed by atoms with Gasteiger partial charge in [0.05, 0.1) is 31.8 Å². The lowest BCUT2D eigenvalue weighted by atomic mass is 10.1. The minimum Gasteiger partial charge on any atom is -0.497 e. The highest BCUT2D eigenvalue weighted by Gasteiger charge is 2.30. The molecule has 0 aliphatic heterocycles. The van der Waals surface area contributed by atoms with Crippen LogP contribution in [-0.4, -0.2) is 35.3 Å². The van der Waals surface area contributed by atoms with E-state index in [1.807, 2.05) is 0 Å². The fourth-order valence-corrected chi connectivity index (χ4v) is 2.60. The predicted molar refractivity (Wildman–Crippen MR) is 98.7 cm³/mol. The maximum Gasteiger partial charge on any atom is 0.416 e. The average molecular weight is 406 g/mol. The van der Waals surface area contributed by atoms with Crippen molar-refractivity contribution >= 4 is 11.9 Å². The summed E-state index contributed by atoms with van der Waals surface area (Å²) in [6, 6.07) is 9.52. The van der Waals surface area contributed by atoms with Crippen LogP contribution in [0.2, 0.25) is 0 Å². The number of methoxy groups -OCH3 is 2. The zero-order valence-electron chi connectivity index (χ0n) is 15.5. The summed E-state index contributed by atoms with van der Waals surface area (Å²) in [5.74, 6) is 1.06. The van der Waals surface area contributed by atoms with Crippen LogP contribution in [0.1, 0.15) is 11.1 Å². The molecule has 10 heteroatoms. The van der Waals surface area contributed by atoms with E-state index < -0.39 is 17.6 Å². The van der Waals surface area contributed by atoms with Crippen molar-refractivity contribution in [1.82, 2.24) is 15.2 Å². The Hall–Kier alpha value is -3.56. The SMILES string of the molecule is COc1ccc(-c2nc(NC(=O)Cc3ccc(C(F)(F)F)cc3)n[nH]2)c(OC)c1. The van der Waals surface area contributed by atoms with Crippen LogP contribution < -0.4 is 14.8 Å². The molecule has 0 saturated heterocycles. The minimum atomic E-state index is -4.42. The lowest BCUT2D eigenvalue weighted by molar-refractivity contribution is -0.137. The smallest absolute Gasteiger partial charge is 0.416 e. The van der Waals surface area contributed by atoms with Crippen molar-refractivity contribution in [3.63, 3.8) is 0 Å². The van der Waals surface area contributed by atoms with E-state index in [0.717, 1.165) is 12.1 Å². The number of hydrogen-bond acceptors (Lipinski definition) is 5. The number of nitrogens with one attached hydrogen (secondary N) is 2. The van der Waals surface area contributed by atoms with Gasteiger partial charge in [0, 0.05) is 6.07 Å². The summed E-state index contributed by atoms with van der Waals surface area (Å²) in [5.41, 5.74) is 0.279. The average Bonchev–Trinajstić information content (AvgIpc) is 3.15. The second-order valence-electron chi connectivity index (χ2n) is 5.99. The van der Waals surface area contributed by atoms with Gasteiger partial charge in [-0.3, -0.25) is 15.2 Å². The molecule has 2 aromatic carbocycles. The molecule has 1 aromatic heterocycles. The lowest BCUT2D eigenvalue weighted by Gasteiger charge is -2.08. The van der Waals surface area contributed by atoms with Gasteiger partial charge in [0.1, 0.15) is 11.5 Å². The first-order valence-electron chi connectivity index (χ1n) is 8.41.